The average Bonchev–Trinajstić information content (AvgIpc) is 2.20. The molecule has 1 N–H and O–H groups in total. The summed E-state index contributed by atoms with van der Waals surface area (Å²) < 4.78 is 0. The molecule has 0 unspecified atom stereocenters. The van der Waals surface area contributed by atoms with Gasteiger partial charge in [-0.3, -0.25) is 0 Å². The second-order valence-corrected chi connectivity index (χ2v) is 3.68. The van der Waals surface area contributed by atoms with Gasteiger partial charge < -0.3 is 5.01 Å². The maximum Gasteiger partial charge on any atom is 0.0520 e. The molecule has 1 saturated heterocycles. The van der Waals surface area contributed by atoms with Crippen LogP contribution in [-0.2, 0) is 0 Å². The van der Waals surface area contributed by atoms with E-state index in [-0.39, 0.29) is 0 Å². The van der Waals surface area contributed by atoms with E-state index in [0.717, 1.165) is 18.1 Å². The van der Waals surface area contributed by atoms with Crippen molar-refractivity contribution in [1.29, 1.82) is 0 Å². The number of nitrogens with one attached hydrogen (secondary N) is 1. The lowest BCUT2D eigenvalue weighted by atomic mass is 10.2. The Hall–Kier alpha value is -0.730. The lowest BCUT2D eigenvalue weighted by Crippen LogP contribution is -2.43. The van der Waals surface area contributed by atoms with Gasteiger partial charge in [-0.1, -0.05) is 11.6 Å². The molecule has 2 rings (SSSR count). The van der Waals surface area contributed by atoms with Gasteiger partial charge in [0.15, 0.2) is 0 Å². The smallest absolute Gasteiger partial charge is 0.0520 e. The van der Waals surface area contributed by atoms with Crippen LogP contribution in [0.2, 0.25) is 5.02 Å². The first-order chi connectivity index (χ1) is 6.36. The number of halogens is 1. The van der Waals surface area contributed by atoms with Crippen molar-refractivity contribution >= 4 is 17.3 Å². The van der Waals surface area contributed by atoms with Gasteiger partial charge in [-0.25, -0.2) is 5.43 Å². The average molecular weight is 197 g/mol. The van der Waals surface area contributed by atoms with Crippen molar-refractivity contribution in [3.05, 3.63) is 29.3 Å². The van der Waals surface area contributed by atoms with E-state index in [1.807, 2.05) is 24.3 Å². The normalized spacial score (nSPS) is 17.5. The van der Waals surface area contributed by atoms with Crippen molar-refractivity contribution in [3.63, 3.8) is 0 Å². The molecule has 0 aliphatic carbocycles. The third kappa shape index (κ3) is 2.14. The largest absolute Gasteiger partial charge is 0.308 e. The molecule has 1 aliphatic rings. The molecule has 0 spiro atoms. The summed E-state index contributed by atoms with van der Waals surface area (Å²) in [5.74, 6) is 0. The fourth-order valence-electron chi connectivity index (χ4n) is 1.53. The fraction of sp³-hybridized carbons (Fsp3) is 0.400. The van der Waals surface area contributed by atoms with E-state index in [0.29, 0.717) is 0 Å². The molecule has 0 saturated carbocycles. The quantitative estimate of drug-likeness (QED) is 0.743. The molecule has 0 atom stereocenters. The lowest BCUT2D eigenvalue weighted by molar-refractivity contribution is 0.512. The van der Waals surface area contributed by atoms with E-state index < -0.39 is 0 Å². The molecule has 0 aromatic heterocycles. The zero-order valence-electron chi connectivity index (χ0n) is 7.46. The van der Waals surface area contributed by atoms with Crippen LogP contribution in [0.25, 0.3) is 0 Å². The highest BCUT2D eigenvalue weighted by molar-refractivity contribution is 6.30. The van der Waals surface area contributed by atoms with Gasteiger partial charge in [0.25, 0.3) is 0 Å². The van der Waals surface area contributed by atoms with Crippen LogP contribution in [0.1, 0.15) is 12.8 Å². The number of hydrogen-bond acceptors (Lipinski definition) is 2. The number of rotatable bonds is 1. The van der Waals surface area contributed by atoms with Gasteiger partial charge in [0.05, 0.1) is 5.69 Å². The second-order valence-electron chi connectivity index (χ2n) is 3.24. The van der Waals surface area contributed by atoms with Crippen LogP contribution >= 0.6 is 11.6 Å². The van der Waals surface area contributed by atoms with E-state index >= 15 is 0 Å². The predicted octanol–water partition coefficient (Wildman–Crippen LogP) is 2.44. The number of anilines is 1. The zero-order chi connectivity index (χ0) is 9.10. The maximum atomic E-state index is 5.81. The summed E-state index contributed by atoms with van der Waals surface area (Å²) in [6.45, 7) is 2.16. The minimum atomic E-state index is 0.792. The van der Waals surface area contributed by atoms with E-state index in [2.05, 4.69) is 10.4 Å². The van der Waals surface area contributed by atoms with E-state index in [4.69, 9.17) is 11.6 Å². The summed E-state index contributed by atoms with van der Waals surface area (Å²) in [6, 6.07) is 7.93. The summed E-state index contributed by atoms with van der Waals surface area (Å²) in [6.07, 6.45) is 2.53. The number of hydrogen-bond donors (Lipinski definition) is 1. The molecule has 3 heteroatoms. The van der Waals surface area contributed by atoms with Crippen LogP contribution in [0.5, 0.6) is 0 Å². The van der Waals surface area contributed by atoms with Gasteiger partial charge >= 0.3 is 0 Å². The van der Waals surface area contributed by atoms with E-state index in [9.17, 15) is 0 Å². The molecule has 1 aromatic rings. The molecule has 0 bridgehead atoms. The Balaban J connectivity index is 2.10. The highest BCUT2D eigenvalue weighted by atomic mass is 35.5. The summed E-state index contributed by atoms with van der Waals surface area (Å²) >= 11 is 5.81. The van der Waals surface area contributed by atoms with Crippen LogP contribution in [0.3, 0.4) is 0 Å². The summed E-state index contributed by atoms with van der Waals surface area (Å²) in [4.78, 5) is 0. The van der Waals surface area contributed by atoms with Crippen molar-refractivity contribution in [2.24, 2.45) is 0 Å². The maximum absolute atomic E-state index is 5.81. The Bertz CT molecular complexity index is 265. The number of hydrazine groups is 1. The standard InChI is InChI=1S/C10H13ClN2/c11-9-3-5-10(6-4-9)13-8-2-1-7-12-13/h3-6,12H,1-2,7-8H2. The van der Waals surface area contributed by atoms with Gasteiger partial charge in [-0.15, -0.1) is 0 Å². The second kappa shape index (κ2) is 3.99. The summed E-state index contributed by atoms with van der Waals surface area (Å²) in [7, 11) is 0. The zero-order valence-corrected chi connectivity index (χ0v) is 8.22. The molecule has 1 aliphatic heterocycles. The molecule has 0 radical (unpaired) electrons. The van der Waals surface area contributed by atoms with Crippen molar-refractivity contribution < 1.29 is 0 Å². The molecule has 1 heterocycles. The van der Waals surface area contributed by atoms with E-state index in [1.165, 1.54) is 18.5 Å². The van der Waals surface area contributed by atoms with Crippen molar-refractivity contribution in [2.75, 3.05) is 18.1 Å². The van der Waals surface area contributed by atoms with Crippen LogP contribution in [0.15, 0.2) is 24.3 Å². The van der Waals surface area contributed by atoms with Gasteiger partial charge in [0.1, 0.15) is 0 Å². The molecule has 13 heavy (non-hydrogen) atoms. The monoisotopic (exact) mass is 196 g/mol. The van der Waals surface area contributed by atoms with Crippen LogP contribution < -0.4 is 10.4 Å². The first-order valence-electron chi connectivity index (χ1n) is 4.63. The first-order valence-corrected chi connectivity index (χ1v) is 5.01. The van der Waals surface area contributed by atoms with Gasteiger partial charge in [-0.2, -0.15) is 0 Å². The van der Waals surface area contributed by atoms with E-state index in [1.54, 1.807) is 0 Å². The minimum absolute atomic E-state index is 0.792. The third-order valence-electron chi connectivity index (χ3n) is 2.25. The summed E-state index contributed by atoms with van der Waals surface area (Å²) in [5.41, 5.74) is 4.54. The van der Waals surface area contributed by atoms with Gasteiger partial charge in [0.2, 0.25) is 0 Å². The van der Waals surface area contributed by atoms with Crippen LogP contribution in [-0.4, -0.2) is 13.1 Å². The third-order valence-corrected chi connectivity index (χ3v) is 2.50. The molecular weight excluding hydrogens is 184 g/mol. The Labute approximate surface area is 83.5 Å². The Kier molecular flexibility index (Phi) is 2.71. The molecule has 2 nitrogen and oxygen atoms in total. The topological polar surface area (TPSA) is 15.3 Å². The van der Waals surface area contributed by atoms with Gasteiger partial charge in [0, 0.05) is 18.1 Å². The van der Waals surface area contributed by atoms with Crippen molar-refractivity contribution in [3.8, 4) is 0 Å². The number of nitrogens with zero attached hydrogens (tertiary/aromatic N) is 1. The molecule has 1 aromatic carbocycles. The SMILES string of the molecule is Clc1ccc(N2CCCCN2)cc1. The van der Waals surface area contributed by atoms with Crippen LogP contribution in [0, 0.1) is 0 Å². The Morgan fingerprint density at radius 3 is 2.54 bits per heavy atom. The van der Waals surface area contributed by atoms with Crippen molar-refractivity contribution in [2.45, 2.75) is 12.8 Å². The fourth-order valence-corrected chi connectivity index (χ4v) is 1.66. The molecular formula is C10H13ClN2. The summed E-state index contributed by atoms with van der Waals surface area (Å²) in [5, 5.41) is 2.97. The number of benzene rings is 1. The van der Waals surface area contributed by atoms with Gasteiger partial charge in [-0.05, 0) is 37.1 Å². The Morgan fingerprint density at radius 1 is 1.15 bits per heavy atom. The molecule has 1 fully saturated rings. The highest BCUT2D eigenvalue weighted by Gasteiger charge is 2.09. The molecule has 70 valence electrons. The highest BCUT2D eigenvalue weighted by Crippen LogP contribution is 2.18. The molecule has 0 amide bonds. The van der Waals surface area contributed by atoms with Crippen LogP contribution in [0.4, 0.5) is 5.69 Å². The van der Waals surface area contributed by atoms with Crippen molar-refractivity contribution in [1.82, 2.24) is 5.43 Å². The first kappa shape index (κ1) is 8.85. The predicted molar refractivity (Wildman–Crippen MR) is 56.0 cm³/mol. The Morgan fingerprint density at radius 2 is 1.92 bits per heavy atom. The lowest BCUT2D eigenvalue weighted by Gasteiger charge is -2.29. The minimum Gasteiger partial charge on any atom is -0.308 e.